The van der Waals surface area contributed by atoms with Gasteiger partial charge in [-0.05, 0) is 74.1 Å². The second-order valence-corrected chi connectivity index (χ2v) is 5.36. The van der Waals surface area contributed by atoms with Crippen molar-refractivity contribution in [2.75, 3.05) is 6.54 Å². The van der Waals surface area contributed by atoms with Crippen molar-refractivity contribution in [3.63, 3.8) is 0 Å². The minimum atomic E-state index is 0.688. The molecule has 0 amide bonds. The molecule has 2 N–H and O–H groups in total. The average Bonchev–Trinajstić information content (AvgIpc) is 2.72. The van der Waals surface area contributed by atoms with Gasteiger partial charge in [0.25, 0.3) is 0 Å². The fourth-order valence-corrected chi connectivity index (χ4v) is 2.68. The van der Waals surface area contributed by atoms with E-state index in [1.54, 1.807) is 11.5 Å². The SMILES string of the molecule is Cc1cc(C)c(-c2cc(CCN)sn2)cc1C. The third-order valence-electron chi connectivity index (χ3n) is 3.07. The fourth-order valence-electron chi connectivity index (χ4n) is 1.94. The highest BCUT2D eigenvalue weighted by molar-refractivity contribution is 7.06. The zero-order valence-electron chi connectivity index (χ0n) is 10.6. The van der Waals surface area contributed by atoms with Crippen molar-refractivity contribution in [1.82, 2.24) is 4.37 Å². The summed E-state index contributed by atoms with van der Waals surface area (Å²) in [6.07, 6.45) is 0.918. The summed E-state index contributed by atoms with van der Waals surface area (Å²) in [7, 11) is 0. The van der Waals surface area contributed by atoms with Gasteiger partial charge in [-0.2, -0.15) is 4.37 Å². The lowest BCUT2D eigenvalue weighted by Gasteiger charge is -2.07. The van der Waals surface area contributed by atoms with Gasteiger partial charge in [0.15, 0.2) is 0 Å². The molecule has 0 aliphatic rings. The van der Waals surface area contributed by atoms with E-state index < -0.39 is 0 Å². The molecule has 2 nitrogen and oxygen atoms in total. The van der Waals surface area contributed by atoms with Crippen molar-refractivity contribution in [3.05, 3.63) is 39.8 Å². The Bertz CT molecular complexity index is 529. The van der Waals surface area contributed by atoms with Gasteiger partial charge in [-0.25, -0.2) is 0 Å². The molecule has 0 aliphatic carbocycles. The highest BCUT2D eigenvalue weighted by atomic mass is 32.1. The number of rotatable bonds is 3. The van der Waals surface area contributed by atoms with E-state index in [9.17, 15) is 0 Å². The summed E-state index contributed by atoms with van der Waals surface area (Å²) in [6.45, 7) is 7.12. The van der Waals surface area contributed by atoms with Crippen molar-refractivity contribution < 1.29 is 0 Å². The Kier molecular flexibility index (Phi) is 3.60. The maximum Gasteiger partial charge on any atom is 0.0846 e. The first-order chi connectivity index (χ1) is 8.11. The average molecular weight is 246 g/mol. The highest BCUT2D eigenvalue weighted by Crippen LogP contribution is 2.27. The molecular weight excluding hydrogens is 228 g/mol. The van der Waals surface area contributed by atoms with Gasteiger partial charge in [0.2, 0.25) is 0 Å². The zero-order valence-corrected chi connectivity index (χ0v) is 11.4. The van der Waals surface area contributed by atoms with E-state index in [-0.39, 0.29) is 0 Å². The van der Waals surface area contributed by atoms with Crippen molar-refractivity contribution in [1.29, 1.82) is 0 Å². The summed E-state index contributed by atoms with van der Waals surface area (Å²) in [6, 6.07) is 6.62. The maximum atomic E-state index is 5.56. The van der Waals surface area contributed by atoms with E-state index in [0.29, 0.717) is 6.54 Å². The van der Waals surface area contributed by atoms with Crippen LogP contribution in [-0.4, -0.2) is 10.9 Å². The van der Waals surface area contributed by atoms with Crippen molar-refractivity contribution in [2.24, 2.45) is 5.73 Å². The normalized spacial score (nSPS) is 10.8. The van der Waals surface area contributed by atoms with Gasteiger partial charge in [-0.1, -0.05) is 6.07 Å². The molecule has 90 valence electrons. The zero-order chi connectivity index (χ0) is 12.4. The summed E-state index contributed by atoms with van der Waals surface area (Å²) in [5, 5.41) is 0. The molecular formula is C14H18N2S. The van der Waals surface area contributed by atoms with Crippen LogP contribution in [0.2, 0.25) is 0 Å². The molecule has 0 spiro atoms. The third-order valence-corrected chi connectivity index (χ3v) is 3.91. The molecule has 1 aromatic heterocycles. The number of aromatic nitrogens is 1. The van der Waals surface area contributed by atoms with Gasteiger partial charge in [0, 0.05) is 10.4 Å². The van der Waals surface area contributed by atoms with Crippen LogP contribution in [0.5, 0.6) is 0 Å². The number of hydrogen-bond donors (Lipinski definition) is 1. The second kappa shape index (κ2) is 4.98. The number of nitrogens with zero attached hydrogens (tertiary/aromatic N) is 1. The van der Waals surface area contributed by atoms with Crippen LogP contribution in [0.1, 0.15) is 21.6 Å². The van der Waals surface area contributed by atoms with E-state index in [1.807, 2.05) is 0 Å². The van der Waals surface area contributed by atoms with E-state index in [0.717, 1.165) is 12.1 Å². The van der Waals surface area contributed by atoms with E-state index in [1.165, 1.54) is 27.1 Å². The molecule has 0 atom stereocenters. The first kappa shape index (κ1) is 12.3. The Morgan fingerprint density at radius 2 is 1.76 bits per heavy atom. The Balaban J connectivity index is 2.41. The van der Waals surface area contributed by atoms with Crippen molar-refractivity contribution >= 4 is 11.5 Å². The van der Waals surface area contributed by atoms with Gasteiger partial charge in [-0.15, -0.1) is 0 Å². The standard InChI is InChI=1S/C14H18N2S/c1-9-6-11(3)13(7-10(9)2)14-8-12(4-5-15)17-16-14/h6-8H,4-5,15H2,1-3H3. The molecule has 1 heterocycles. The molecule has 0 saturated heterocycles. The van der Waals surface area contributed by atoms with Crippen LogP contribution in [0.3, 0.4) is 0 Å². The van der Waals surface area contributed by atoms with Gasteiger partial charge < -0.3 is 5.73 Å². The summed E-state index contributed by atoms with van der Waals surface area (Å²) < 4.78 is 4.52. The lowest BCUT2D eigenvalue weighted by molar-refractivity contribution is 0.989. The minimum Gasteiger partial charge on any atom is -0.330 e. The summed E-state index contributed by atoms with van der Waals surface area (Å²) in [5.41, 5.74) is 11.8. The molecule has 0 fully saturated rings. The Labute approximate surface area is 107 Å². The second-order valence-electron chi connectivity index (χ2n) is 4.47. The van der Waals surface area contributed by atoms with E-state index in [4.69, 9.17) is 5.73 Å². The number of benzene rings is 1. The number of nitrogens with two attached hydrogens (primary N) is 1. The summed E-state index contributed by atoms with van der Waals surface area (Å²) >= 11 is 1.56. The van der Waals surface area contributed by atoms with Gasteiger partial charge in [0.1, 0.15) is 0 Å². The molecule has 3 heteroatoms. The van der Waals surface area contributed by atoms with Crippen LogP contribution < -0.4 is 5.73 Å². The molecule has 0 unspecified atom stereocenters. The van der Waals surface area contributed by atoms with Gasteiger partial charge in [-0.3, -0.25) is 0 Å². The van der Waals surface area contributed by atoms with Crippen LogP contribution in [0, 0.1) is 20.8 Å². The molecule has 0 radical (unpaired) electrons. The highest BCUT2D eigenvalue weighted by Gasteiger charge is 2.08. The third kappa shape index (κ3) is 2.56. The predicted octanol–water partition coefficient (Wildman–Crippen LogP) is 3.24. The maximum absolute atomic E-state index is 5.56. The topological polar surface area (TPSA) is 38.9 Å². The molecule has 17 heavy (non-hydrogen) atoms. The molecule has 2 rings (SSSR count). The lowest BCUT2D eigenvalue weighted by atomic mass is 9.99. The van der Waals surface area contributed by atoms with E-state index in [2.05, 4.69) is 43.3 Å². The monoisotopic (exact) mass is 246 g/mol. The molecule has 1 aromatic carbocycles. The minimum absolute atomic E-state index is 0.688. The lowest BCUT2D eigenvalue weighted by Crippen LogP contribution is -2.00. The van der Waals surface area contributed by atoms with Gasteiger partial charge in [0.05, 0.1) is 5.69 Å². The Morgan fingerprint density at radius 3 is 2.47 bits per heavy atom. The first-order valence-electron chi connectivity index (χ1n) is 5.85. The van der Waals surface area contributed by atoms with Crippen LogP contribution >= 0.6 is 11.5 Å². The molecule has 0 bridgehead atoms. The smallest absolute Gasteiger partial charge is 0.0846 e. The summed E-state index contributed by atoms with van der Waals surface area (Å²) in [4.78, 5) is 1.26. The fraction of sp³-hybridized carbons (Fsp3) is 0.357. The Morgan fingerprint density at radius 1 is 1.06 bits per heavy atom. The van der Waals surface area contributed by atoms with Crippen LogP contribution in [0.25, 0.3) is 11.3 Å². The van der Waals surface area contributed by atoms with Crippen LogP contribution in [-0.2, 0) is 6.42 Å². The van der Waals surface area contributed by atoms with E-state index >= 15 is 0 Å². The van der Waals surface area contributed by atoms with Crippen molar-refractivity contribution in [3.8, 4) is 11.3 Å². The van der Waals surface area contributed by atoms with Crippen molar-refractivity contribution in [2.45, 2.75) is 27.2 Å². The van der Waals surface area contributed by atoms with Gasteiger partial charge >= 0.3 is 0 Å². The number of aryl methyl sites for hydroxylation is 3. The predicted molar refractivity (Wildman–Crippen MR) is 74.5 cm³/mol. The summed E-state index contributed by atoms with van der Waals surface area (Å²) in [5.74, 6) is 0. The largest absolute Gasteiger partial charge is 0.330 e. The first-order valence-corrected chi connectivity index (χ1v) is 6.63. The Hall–Kier alpha value is -1.19. The van der Waals surface area contributed by atoms with Crippen LogP contribution in [0.15, 0.2) is 18.2 Å². The quantitative estimate of drug-likeness (QED) is 0.903. The van der Waals surface area contributed by atoms with Crippen LogP contribution in [0.4, 0.5) is 0 Å². The molecule has 2 aromatic rings. The number of hydrogen-bond acceptors (Lipinski definition) is 3. The molecule has 0 aliphatic heterocycles. The molecule has 0 saturated carbocycles.